The van der Waals surface area contributed by atoms with E-state index in [2.05, 4.69) is 13.8 Å². The van der Waals surface area contributed by atoms with Gasteiger partial charge in [-0.2, -0.15) is 11.8 Å². The molecule has 0 spiro atoms. The number of nitrogens with two attached hydrogens (primary N) is 1. The molecule has 5 heteroatoms. The number of nitrogens with zero attached hydrogens (tertiary/aromatic N) is 1. The lowest BCUT2D eigenvalue weighted by Crippen LogP contribution is -2.47. The maximum atomic E-state index is 12.1. The molecule has 1 aliphatic heterocycles. The summed E-state index contributed by atoms with van der Waals surface area (Å²) in [5.41, 5.74) is 6.34. The van der Waals surface area contributed by atoms with Crippen molar-refractivity contribution in [1.29, 1.82) is 0 Å². The zero-order chi connectivity index (χ0) is 13.9. The van der Waals surface area contributed by atoms with Gasteiger partial charge in [-0.15, -0.1) is 0 Å². The molecule has 1 amide bonds. The minimum Gasteiger partial charge on any atom is -0.482 e. The van der Waals surface area contributed by atoms with E-state index < -0.39 is 0 Å². The summed E-state index contributed by atoms with van der Waals surface area (Å²) in [4.78, 5) is 14.0. The number of benzene rings is 1. The molecule has 1 aromatic rings. The molecule has 1 saturated heterocycles. The highest BCUT2D eigenvalue weighted by molar-refractivity contribution is 8.00. The molecule has 0 radical (unpaired) electrons. The summed E-state index contributed by atoms with van der Waals surface area (Å²) in [6.45, 7) is 5.93. The first-order valence-electron chi connectivity index (χ1n) is 6.37. The van der Waals surface area contributed by atoms with Crippen LogP contribution in [-0.4, -0.2) is 41.0 Å². The van der Waals surface area contributed by atoms with E-state index in [0.29, 0.717) is 11.4 Å². The van der Waals surface area contributed by atoms with Crippen molar-refractivity contribution in [2.75, 3.05) is 31.2 Å². The van der Waals surface area contributed by atoms with Crippen LogP contribution in [0.15, 0.2) is 24.3 Å². The highest BCUT2D eigenvalue weighted by atomic mass is 32.2. The largest absolute Gasteiger partial charge is 0.482 e. The average molecular weight is 280 g/mol. The molecule has 0 aliphatic carbocycles. The highest BCUT2D eigenvalue weighted by Gasteiger charge is 2.29. The van der Waals surface area contributed by atoms with Gasteiger partial charge in [0.1, 0.15) is 5.75 Å². The second-order valence-corrected chi connectivity index (χ2v) is 7.05. The van der Waals surface area contributed by atoms with Crippen molar-refractivity contribution in [2.45, 2.75) is 18.6 Å². The number of thioether (sulfide) groups is 1. The van der Waals surface area contributed by atoms with Gasteiger partial charge in [0.2, 0.25) is 0 Å². The molecule has 0 bridgehead atoms. The van der Waals surface area contributed by atoms with Crippen LogP contribution < -0.4 is 10.5 Å². The molecular weight excluding hydrogens is 260 g/mol. The Kier molecular flexibility index (Phi) is 4.24. The Morgan fingerprint density at radius 3 is 2.89 bits per heavy atom. The number of rotatable bonds is 3. The smallest absolute Gasteiger partial charge is 0.260 e. The Hall–Kier alpha value is -1.36. The van der Waals surface area contributed by atoms with Gasteiger partial charge in [0.15, 0.2) is 6.61 Å². The second kappa shape index (κ2) is 5.74. The van der Waals surface area contributed by atoms with Crippen LogP contribution in [0.3, 0.4) is 0 Å². The fourth-order valence-corrected chi connectivity index (χ4v) is 3.18. The fourth-order valence-electron chi connectivity index (χ4n) is 2.07. The minimum absolute atomic E-state index is 0.0247. The summed E-state index contributed by atoms with van der Waals surface area (Å²) in [6, 6.07) is 7.23. The Labute approximate surface area is 118 Å². The van der Waals surface area contributed by atoms with Gasteiger partial charge in [-0.05, 0) is 26.0 Å². The number of para-hydroxylation sites is 2. The van der Waals surface area contributed by atoms with Crippen LogP contribution >= 0.6 is 11.8 Å². The van der Waals surface area contributed by atoms with Gasteiger partial charge in [-0.3, -0.25) is 4.79 Å². The average Bonchev–Trinajstić information content (AvgIpc) is 2.36. The molecule has 2 rings (SSSR count). The third-order valence-corrected chi connectivity index (χ3v) is 4.35. The lowest BCUT2D eigenvalue weighted by molar-refractivity contribution is -0.133. The molecule has 0 unspecified atom stereocenters. The topological polar surface area (TPSA) is 55.6 Å². The molecule has 2 N–H and O–H groups in total. The molecule has 0 saturated carbocycles. The van der Waals surface area contributed by atoms with Crippen LogP contribution in [0.2, 0.25) is 0 Å². The molecule has 104 valence electrons. The first-order valence-corrected chi connectivity index (χ1v) is 7.35. The van der Waals surface area contributed by atoms with Gasteiger partial charge >= 0.3 is 0 Å². The predicted molar refractivity (Wildman–Crippen MR) is 79.5 cm³/mol. The van der Waals surface area contributed by atoms with Crippen molar-refractivity contribution in [3.05, 3.63) is 24.3 Å². The van der Waals surface area contributed by atoms with E-state index in [0.717, 1.165) is 18.8 Å². The zero-order valence-electron chi connectivity index (χ0n) is 11.4. The van der Waals surface area contributed by atoms with E-state index in [-0.39, 0.29) is 17.3 Å². The number of anilines is 1. The van der Waals surface area contributed by atoms with Crippen LogP contribution in [-0.2, 0) is 4.79 Å². The van der Waals surface area contributed by atoms with Crippen LogP contribution in [0.4, 0.5) is 5.69 Å². The normalized spacial score (nSPS) is 18.1. The number of amides is 1. The van der Waals surface area contributed by atoms with Gasteiger partial charge in [0, 0.05) is 23.6 Å². The Bertz CT molecular complexity index is 463. The maximum Gasteiger partial charge on any atom is 0.260 e. The number of hydrogen-bond donors (Lipinski definition) is 1. The van der Waals surface area contributed by atoms with Gasteiger partial charge in [-0.1, -0.05) is 12.1 Å². The van der Waals surface area contributed by atoms with Crippen LogP contribution in [0.5, 0.6) is 5.75 Å². The standard InChI is InChI=1S/C14H20N2O2S/c1-14(2)10-16(7-8-19-14)13(17)9-18-12-6-4-3-5-11(12)15/h3-6H,7-10,15H2,1-2H3. The van der Waals surface area contributed by atoms with Gasteiger partial charge < -0.3 is 15.4 Å². The lowest BCUT2D eigenvalue weighted by atomic mass is 10.2. The molecular formula is C14H20N2O2S. The predicted octanol–water partition coefficient (Wildman–Crippen LogP) is 2.00. The van der Waals surface area contributed by atoms with Crippen LogP contribution in [0, 0.1) is 0 Å². The van der Waals surface area contributed by atoms with Crippen molar-refractivity contribution < 1.29 is 9.53 Å². The van der Waals surface area contributed by atoms with Crippen LogP contribution in [0.25, 0.3) is 0 Å². The lowest BCUT2D eigenvalue weighted by Gasteiger charge is -2.37. The summed E-state index contributed by atoms with van der Waals surface area (Å²) in [5.74, 6) is 1.57. The molecule has 0 aromatic heterocycles. The monoisotopic (exact) mass is 280 g/mol. The van der Waals surface area contributed by atoms with E-state index in [1.807, 2.05) is 28.8 Å². The van der Waals surface area contributed by atoms with Crippen molar-refractivity contribution in [2.24, 2.45) is 0 Å². The van der Waals surface area contributed by atoms with Crippen LogP contribution in [0.1, 0.15) is 13.8 Å². The van der Waals surface area contributed by atoms with Gasteiger partial charge in [-0.25, -0.2) is 0 Å². The molecule has 1 heterocycles. The molecule has 1 aromatic carbocycles. The Morgan fingerprint density at radius 1 is 1.47 bits per heavy atom. The maximum absolute atomic E-state index is 12.1. The third-order valence-electron chi connectivity index (χ3n) is 3.05. The number of carbonyl (C=O) groups is 1. The third kappa shape index (κ3) is 3.80. The number of ether oxygens (including phenoxy) is 1. The molecule has 1 aliphatic rings. The number of carbonyl (C=O) groups excluding carboxylic acids is 1. The van der Waals surface area contributed by atoms with E-state index in [1.165, 1.54) is 0 Å². The summed E-state index contributed by atoms with van der Waals surface area (Å²) in [7, 11) is 0. The molecule has 1 fully saturated rings. The Morgan fingerprint density at radius 2 is 2.21 bits per heavy atom. The van der Waals surface area contributed by atoms with Crippen molar-refractivity contribution in [3.63, 3.8) is 0 Å². The second-order valence-electron chi connectivity index (χ2n) is 5.25. The van der Waals surface area contributed by atoms with E-state index in [1.54, 1.807) is 12.1 Å². The zero-order valence-corrected chi connectivity index (χ0v) is 12.2. The molecule has 0 atom stereocenters. The first-order chi connectivity index (χ1) is 8.98. The highest BCUT2D eigenvalue weighted by Crippen LogP contribution is 2.29. The van der Waals surface area contributed by atoms with Gasteiger partial charge in [0.25, 0.3) is 5.91 Å². The minimum atomic E-state index is 0.0247. The van der Waals surface area contributed by atoms with E-state index >= 15 is 0 Å². The van der Waals surface area contributed by atoms with Crippen molar-refractivity contribution in [3.8, 4) is 5.75 Å². The fraction of sp³-hybridized carbons (Fsp3) is 0.500. The summed E-state index contributed by atoms with van der Waals surface area (Å²) in [6.07, 6.45) is 0. The van der Waals surface area contributed by atoms with E-state index in [4.69, 9.17) is 10.5 Å². The Balaban J connectivity index is 1.90. The summed E-state index contributed by atoms with van der Waals surface area (Å²) >= 11 is 1.90. The van der Waals surface area contributed by atoms with E-state index in [9.17, 15) is 4.79 Å². The molecule has 19 heavy (non-hydrogen) atoms. The van der Waals surface area contributed by atoms with Gasteiger partial charge in [0.05, 0.1) is 5.69 Å². The summed E-state index contributed by atoms with van der Waals surface area (Å²) < 4.78 is 5.62. The van der Waals surface area contributed by atoms with Crippen molar-refractivity contribution >= 4 is 23.4 Å². The first kappa shape index (κ1) is 14.1. The SMILES string of the molecule is CC1(C)CN(C(=O)COc2ccccc2N)CCS1. The number of hydrogen-bond acceptors (Lipinski definition) is 4. The van der Waals surface area contributed by atoms with Crippen molar-refractivity contribution in [1.82, 2.24) is 4.90 Å². The number of nitrogen functional groups attached to an aromatic ring is 1. The molecule has 4 nitrogen and oxygen atoms in total. The summed E-state index contributed by atoms with van der Waals surface area (Å²) in [5, 5.41) is 0. The quantitative estimate of drug-likeness (QED) is 0.860.